The third-order valence-corrected chi connectivity index (χ3v) is 4.45. The van der Waals surface area contributed by atoms with E-state index in [1.54, 1.807) is 7.11 Å². The van der Waals surface area contributed by atoms with E-state index in [0.29, 0.717) is 0 Å². The van der Waals surface area contributed by atoms with Gasteiger partial charge in [-0.2, -0.15) is 0 Å². The second kappa shape index (κ2) is 5.02. The fourth-order valence-corrected chi connectivity index (χ4v) is 2.75. The van der Waals surface area contributed by atoms with E-state index in [1.165, 1.54) is 30.4 Å². The highest BCUT2D eigenvalue weighted by Gasteiger charge is 2.37. The minimum Gasteiger partial charge on any atom is -0.378 e. The second-order valence-electron chi connectivity index (χ2n) is 6.18. The zero-order valence-electron chi connectivity index (χ0n) is 11.8. The van der Waals surface area contributed by atoms with Gasteiger partial charge in [0.1, 0.15) is 0 Å². The number of nitrogens with two attached hydrogens (primary N) is 1. The van der Waals surface area contributed by atoms with Gasteiger partial charge in [0.25, 0.3) is 0 Å². The van der Waals surface area contributed by atoms with Gasteiger partial charge in [-0.3, -0.25) is 0 Å². The molecule has 2 rings (SSSR count). The smallest absolute Gasteiger partial charge is 0.0662 e. The quantitative estimate of drug-likeness (QED) is 0.868. The van der Waals surface area contributed by atoms with E-state index in [9.17, 15) is 0 Å². The van der Waals surface area contributed by atoms with Crippen molar-refractivity contribution in [1.29, 1.82) is 0 Å². The minimum absolute atomic E-state index is 0.0937. The first-order valence-corrected chi connectivity index (χ1v) is 6.86. The van der Waals surface area contributed by atoms with E-state index in [1.807, 2.05) is 0 Å². The lowest BCUT2D eigenvalue weighted by molar-refractivity contribution is 0.0232. The maximum Gasteiger partial charge on any atom is 0.0662 e. The maximum atomic E-state index is 5.94. The van der Waals surface area contributed by atoms with Crippen LogP contribution in [0.15, 0.2) is 24.3 Å². The van der Waals surface area contributed by atoms with E-state index in [0.717, 1.165) is 13.0 Å². The van der Waals surface area contributed by atoms with Crippen LogP contribution in [0.3, 0.4) is 0 Å². The summed E-state index contributed by atoms with van der Waals surface area (Å²) >= 11 is 0. The molecule has 18 heavy (non-hydrogen) atoms. The van der Waals surface area contributed by atoms with Crippen LogP contribution >= 0.6 is 0 Å². The first-order valence-electron chi connectivity index (χ1n) is 6.86. The Morgan fingerprint density at radius 1 is 1.22 bits per heavy atom. The predicted molar refractivity (Wildman–Crippen MR) is 75.8 cm³/mol. The van der Waals surface area contributed by atoms with Crippen LogP contribution in [0.4, 0.5) is 0 Å². The second-order valence-corrected chi connectivity index (χ2v) is 6.18. The van der Waals surface area contributed by atoms with Crippen molar-refractivity contribution in [2.45, 2.75) is 50.5 Å². The Kier molecular flexibility index (Phi) is 3.79. The number of hydrogen-bond acceptors (Lipinski definition) is 2. The maximum absolute atomic E-state index is 5.94. The molecule has 0 unspecified atom stereocenters. The van der Waals surface area contributed by atoms with Gasteiger partial charge in [0, 0.05) is 25.5 Å². The van der Waals surface area contributed by atoms with Crippen LogP contribution in [0.1, 0.15) is 44.2 Å². The van der Waals surface area contributed by atoms with E-state index in [2.05, 4.69) is 38.1 Å². The molecule has 0 radical (unpaired) electrons. The predicted octanol–water partition coefficient (Wildman–Crippen LogP) is 3.03. The molecular weight excluding hydrogens is 222 g/mol. The summed E-state index contributed by atoms with van der Waals surface area (Å²) in [5.41, 5.74) is 8.86. The summed E-state index contributed by atoms with van der Waals surface area (Å²) in [6.07, 6.45) is 4.74. The molecule has 1 aliphatic rings. The highest BCUT2D eigenvalue weighted by Crippen LogP contribution is 2.42. The van der Waals surface area contributed by atoms with Crippen molar-refractivity contribution in [1.82, 2.24) is 0 Å². The lowest BCUT2D eigenvalue weighted by Gasteiger charge is -2.41. The van der Waals surface area contributed by atoms with Gasteiger partial charge in [-0.25, -0.2) is 0 Å². The van der Waals surface area contributed by atoms with Crippen molar-refractivity contribution in [3.8, 4) is 0 Å². The first kappa shape index (κ1) is 13.6. The molecular formula is C16H25NO. The molecule has 0 amide bonds. The van der Waals surface area contributed by atoms with Crippen molar-refractivity contribution in [2.24, 2.45) is 5.73 Å². The van der Waals surface area contributed by atoms with Crippen molar-refractivity contribution < 1.29 is 4.74 Å². The summed E-state index contributed by atoms with van der Waals surface area (Å²) in [4.78, 5) is 0. The van der Waals surface area contributed by atoms with Gasteiger partial charge in [0.2, 0.25) is 0 Å². The van der Waals surface area contributed by atoms with Crippen molar-refractivity contribution >= 4 is 0 Å². The largest absolute Gasteiger partial charge is 0.378 e. The zero-order valence-corrected chi connectivity index (χ0v) is 11.8. The lowest BCUT2D eigenvalue weighted by atomic mass is 9.64. The minimum atomic E-state index is -0.0937. The zero-order chi connectivity index (χ0) is 13.2. The van der Waals surface area contributed by atoms with E-state index >= 15 is 0 Å². The summed E-state index contributed by atoms with van der Waals surface area (Å²) < 4.78 is 5.47. The molecule has 1 fully saturated rings. The third-order valence-electron chi connectivity index (χ3n) is 4.45. The SMILES string of the molecule is COC(C)(C)Cc1ccc(C2(CN)CCC2)cc1. The average molecular weight is 247 g/mol. The van der Waals surface area contributed by atoms with Gasteiger partial charge < -0.3 is 10.5 Å². The van der Waals surface area contributed by atoms with Gasteiger partial charge in [-0.05, 0) is 37.8 Å². The van der Waals surface area contributed by atoms with Crippen LogP contribution < -0.4 is 5.73 Å². The molecule has 0 aromatic heterocycles. The van der Waals surface area contributed by atoms with Crippen LogP contribution in [0.2, 0.25) is 0 Å². The molecule has 0 spiro atoms. The highest BCUT2D eigenvalue weighted by atomic mass is 16.5. The fourth-order valence-electron chi connectivity index (χ4n) is 2.75. The molecule has 0 heterocycles. The molecule has 0 atom stereocenters. The van der Waals surface area contributed by atoms with E-state index in [-0.39, 0.29) is 11.0 Å². The Morgan fingerprint density at radius 3 is 2.22 bits per heavy atom. The molecule has 0 bridgehead atoms. The topological polar surface area (TPSA) is 35.2 Å². The van der Waals surface area contributed by atoms with E-state index in [4.69, 9.17) is 10.5 Å². The summed E-state index contributed by atoms with van der Waals surface area (Å²) in [5.74, 6) is 0. The molecule has 0 aliphatic heterocycles. The monoisotopic (exact) mass is 247 g/mol. The van der Waals surface area contributed by atoms with Crippen molar-refractivity contribution in [2.75, 3.05) is 13.7 Å². The molecule has 1 aromatic rings. The third kappa shape index (κ3) is 2.60. The van der Waals surface area contributed by atoms with E-state index < -0.39 is 0 Å². The average Bonchev–Trinajstić information content (AvgIpc) is 2.30. The molecule has 2 nitrogen and oxygen atoms in total. The molecule has 2 N–H and O–H groups in total. The van der Waals surface area contributed by atoms with Gasteiger partial charge in [0.05, 0.1) is 5.60 Å². The van der Waals surface area contributed by atoms with Crippen molar-refractivity contribution in [3.05, 3.63) is 35.4 Å². The summed E-state index contributed by atoms with van der Waals surface area (Å²) in [6, 6.07) is 8.97. The van der Waals surface area contributed by atoms with Gasteiger partial charge in [-0.1, -0.05) is 30.7 Å². The number of methoxy groups -OCH3 is 1. The number of ether oxygens (including phenoxy) is 1. The van der Waals surface area contributed by atoms with Crippen LogP contribution in [-0.4, -0.2) is 19.3 Å². The number of benzene rings is 1. The normalized spacial score (nSPS) is 18.4. The Hall–Kier alpha value is -0.860. The van der Waals surface area contributed by atoms with Crippen LogP contribution in [0.25, 0.3) is 0 Å². The highest BCUT2D eigenvalue weighted by molar-refractivity contribution is 5.32. The molecule has 1 aliphatic carbocycles. The number of rotatable bonds is 5. The fraction of sp³-hybridized carbons (Fsp3) is 0.625. The molecule has 2 heteroatoms. The number of hydrogen-bond donors (Lipinski definition) is 1. The van der Waals surface area contributed by atoms with Gasteiger partial charge in [-0.15, -0.1) is 0 Å². The molecule has 100 valence electrons. The Labute approximate surface area is 111 Å². The first-order chi connectivity index (χ1) is 8.51. The summed E-state index contributed by atoms with van der Waals surface area (Å²) in [7, 11) is 1.77. The summed E-state index contributed by atoms with van der Waals surface area (Å²) in [5, 5.41) is 0. The molecule has 1 aromatic carbocycles. The Morgan fingerprint density at radius 2 is 1.83 bits per heavy atom. The Balaban J connectivity index is 2.10. The Bertz CT molecular complexity index is 385. The summed E-state index contributed by atoms with van der Waals surface area (Å²) in [6.45, 7) is 5.01. The molecule has 0 saturated heterocycles. The van der Waals surface area contributed by atoms with Gasteiger partial charge in [0.15, 0.2) is 0 Å². The van der Waals surface area contributed by atoms with Crippen molar-refractivity contribution in [3.63, 3.8) is 0 Å². The van der Waals surface area contributed by atoms with Crippen LogP contribution in [0, 0.1) is 0 Å². The van der Waals surface area contributed by atoms with Crippen LogP contribution in [0.5, 0.6) is 0 Å². The standard InChI is InChI=1S/C16H25NO/c1-15(2,18-3)11-13-5-7-14(8-6-13)16(12-17)9-4-10-16/h5-8H,4,9-12,17H2,1-3H3. The molecule has 1 saturated carbocycles. The van der Waals surface area contributed by atoms with Crippen LogP contribution in [-0.2, 0) is 16.6 Å². The van der Waals surface area contributed by atoms with Gasteiger partial charge >= 0.3 is 0 Å². The lowest BCUT2D eigenvalue weighted by Crippen LogP contribution is -2.41.